The molecule has 1 amide bonds. The van der Waals surface area contributed by atoms with Crippen molar-refractivity contribution in [1.29, 1.82) is 0 Å². The lowest BCUT2D eigenvalue weighted by Crippen LogP contribution is -2.57. The maximum atomic E-state index is 13.0. The van der Waals surface area contributed by atoms with Crippen molar-refractivity contribution in [3.63, 3.8) is 0 Å². The normalized spacial score (nSPS) is 25.6. The van der Waals surface area contributed by atoms with Crippen molar-refractivity contribution >= 4 is 17.7 Å². The molecule has 3 rings (SSSR count). The van der Waals surface area contributed by atoms with Gasteiger partial charge in [-0.2, -0.15) is 0 Å². The molecule has 1 aromatic carbocycles. The smallest absolute Gasteiger partial charge is 0.340 e. The Hall–Kier alpha value is -2.17. The van der Waals surface area contributed by atoms with E-state index in [1.807, 2.05) is 30.3 Å². The van der Waals surface area contributed by atoms with Gasteiger partial charge in [-0.15, -0.1) is 0 Å². The summed E-state index contributed by atoms with van der Waals surface area (Å²) in [4.78, 5) is 39.4. The number of benzene rings is 1. The Morgan fingerprint density at radius 1 is 1.23 bits per heavy atom. The summed E-state index contributed by atoms with van der Waals surface area (Å²) in [6, 6.07) is 9.27. The van der Waals surface area contributed by atoms with Crippen molar-refractivity contribution in [3.05, 3.63) is 35.9 Å². The van der Waals surface area contributed by atoms with Gasteiger partial charge in [0.15, 0.2) is 5.78 Å². The van der Waals surface area contributed by atoms with Crippen molar-refractivity contribution in [2.75, 3.05) is 13.7 Å². The number of likely N-dealkylation sites (N-methyl/N-ethyl adjacent to an activating group) is 1. The first-order valence-corrected chi connectivity index (χ1v) is 7.53. The number of hydrogen-bond donors (Lipinski definition) is 0. The summed E-state index contributed by atoms with van der Waals surface area (Å²) in [5, 5.41) is 0. The first-order valence-electron chi connectivity index (χ1n) is 7.53. The van der Waals surface area contributed by atoms with Crippen molar-refractivity contribution in [2.24, 2.45) is 5.41 Å². The number of carbonyl (C=O) groups excluding carboxylic acids is 3. The number of rotatable bonds is 4. The van der Waals surface area contributed by atoms with Gasteiger partial charge in [-0.25, -0.2) is 4.79 Å². The Morgan fingerprint density at radius 3 is 2.36 bits per heavy atom. The van der Waals surface area contributed by atoms with E-state index in [1.165, 1.54) is 11.9 Å². The Balaban J connectivity index is 2.06. The van der Waals surface area contributed by atoms with E-state index in [9.17, 15) is 14.4 Å². The largest absolute Gasteiger partial charge is 0.464 e. The molecular weight excluding hydrogens is 282 g/mol. The van der Waals surface area contributed by atoms with Crippen LogP contribution in [0.5, 0.6) is 0 Å². The van der Waals surface area contributed by atoms with E-state index in [1.54, 1.807) is 6.92 Å². The van der Waals surface area contributed by atoms with Gasteiger partial charge >= 0.3 is 5.97 Å². The van der Waals surface area contributed by atoms with Crippen molar-refractivity contribution in [2.45, 2.75) is 31.7 Å². The summed E-state index contributed by atoms with van der Waals surface area (Å²) in [6.45, 7) is 1.87. The number of carbonyl (C=O) groups is 3. The van der Waals surface area contributed by atoms with Gasteiger partial charge in [-0.3, -0.25) is 9.59 Å². The molecule has 1 atom stereocenters. The molecule has 22 heavy (non-hydrogen) atoms. The fourth-order valence-electron chi connectivity index (χ4n) is 3.35. The van der Waals surface area contributed by atoms with Crippen LogP contribution in [0.25, 0.3) is 0 Å². The van der Waals surface area contributed by atoms with Crippen molar-refractivity contribution < 1.29 is 19.1 Å². The number of hydrogen-bond acceptors (Lipinski definition) is 4. The number of Topliss-reactive ketones (excluding diaryl/α,β-unsaturated/α-hetero) is 1. The van der Waals surface area contributed by atoms with Crippen molar-refractivity contribution in [3.8, 4) is 0 Å². The van der Waals surface area contributed by atoms with Gasteiger partial charge in [0, 0.05) is 13.5 Å². The van der Waals surface area contributed by atoms with Gasteiger partial charge in [-0.1, -0.05) is 30.3 Å². The number of nitrogens with zero attached hydrogens (tertiary/aromatic N) is 1. The Kier molecular flexibility index (Phi) is 3.31. The summed E-state index contributed by atoms with van der Waals surface area (Å²) >= 11 is 0. The van der Waals surface area contributed by atoms with Crippen LogP contribution in [0.1, 0.15) is 25.3 Å². The highest BCUT2D eigenvalue weighted by Crippen LogP contribution is 2.56. The van der Waals surface area contributed by atoms with E-state index in [2.05, 4.69) is 0 Å². The van der Waals surface area contributed by atoms with Gasteiger partial charge in [0.25, 0.3) is 0 Å². The monoisotopic (exact) mass is 301 g/mol. The summed E-state index contributed by atoms with van der Waals surface area (Å²) < 4.78 is 5.16. The van der Waals surface area contributed by atoms with E-state index >= 15 is 0 Å². The second-order valence-corrected chi connectivity index (χ2v) is 6.02. The second-order valence-electron chi connectivity index (χ2n) is 6.02. The molecule has 1 spiro atoms. The zero-order valence-electron chi connectivity index (χ0n) is 12.8. The van der Waals surface area contributed by atoms with Crippen LogP contribution in [0, 0.1) is 5.41 Å². The van der Waals surface area contributed by atoms with Crippen LogP contribution in [-0.4, -0.2) is 41.8 Å². The second kappa shape index (κ2) is 4.93. The predicted molar refractivity (Wildman–Crippen MR) is 79.0 cm³/mol. The van der Waals surface area contributed by atoms with Crippen LogP contribution in [0.4, 0.5) is 0 Å². The van der Waals surface area contributed by atoms with Crippen LogP contribution < -0.4 is 0 Å². The minimum atomic E-state index is -1.52. The highest BCUT2D eigenvalue weighted by Gasteiger charge is 2.74. The van der Waals surface area contributed by atoms with Crippen LogP contribution in [0.3, 0.4) is 0 Å². The zero-order valence-corrected chi connectivity index (χ0v) is 12.8. The minimum absolute atomic E-state index is 0.162. The molecule has 0 N–H and O–H groups in total. The molecule has 5 heteroatoms. The van der Waals surface area contributed by atoms with Gasteiger partial charge < -0.3 is 9.64 Å². The van der Waals surface area contributed by atoms with E-state index in [0.717, 1.165) is 5.56 Å². The lowest BCUT2D eigenvalue weighted by Gasteiger charge is -2.32. The third-order valence-electron chi connectivity index (χ3n) is 4.76. The van der Waals surface area contributed by atoms with Gasteiger partial charge in [0.05, 0.1) is 6.61 Å². The molecule has 1 aliphatic carbocycles. The summed E-state index contributed by atoms with van der Waals surface area (Å²) in [6.07, 6.45) is 1.23. The predicted octanol–water partition coefficient (Wildman–Crippen LogP) is 1.35. The van der Waals surface area contributed by atoms with E-state index < -0.39 is 16.9 Å². The lowest BCUT2D eigenvalue weighted by atomic mass is 9.83. The Morgan fingerprint density at radius 2 is 1.86 bits per heavy atom. The fourth-order valence-corrected chi connectivity index (χ4v) is 3.35. The minimum Gasteiger partial charge on any atom is -0.464 e. The molecule has 1 unspecified atom stereocenters. The molecule has 1 aromatic rings. The number of ether oxygens (including phenoxy) is 1. The maximum absolute atomic E-state index is 13.0. The van der Waals surface area contributed by atoms with Gasteiger partial charge in [0.1, 0.15) is 5.41 Å². The first-order chi connectivity index (χ1) is 10.5. The summed E-state index contributed by atoms with van der Waals surface area (Å²) in [7, 11) is 1.53. The Bertz CT molecular complexity index is 635. The molecule has 2 aliphatic rings. The quantitative estimate of drug-likeness (QED) is 0.622. The Labute approximate surface area is 129 Å². The van der Waals surface area contributed by atoms with Gasteiger partial charge in [-0.05, 0) is 25.3 Å². The molecule has 5 nitrogen and oxygen atoms in total. The van der Waals surface area contributed by atoms with Crippen molar-refractivity contribution in [1.82, 2.24) is 4.90 Å². The molecule has 1 saturated heterocycles. The molecular formula is C17H19NO4. The molecule has 1 saturated carbocycles. The standard InChI is InChI=1S/C17H19NO4/c1-3-22-15(21)17(11-12-7-5-4-6-8-12)13(19)16(9-10-16)14(20)18(17)2/h4-8H,3,9-11H2,1-2H3. The molecule has 0 bridgehead atoms. The van der Waals surface area contributed by atoms with E-state index in [-0.39, 0.29) is 24.7 Å². The maximum Gasteiger partial charge on any atom is 0.340 e. The molecule has 0 radical (unpaired) electrons. The zero-order chi connectivity index (χ0) is 16.0. The number of likely N-dealkylation sites (tertiary alicyclic amines) is 1. The highest BCUT2D eigenvalue weighted by molar-refractivity contribution is 6.27. The third kappa shape index (κ3) is 1.81. The molecule has 1 aliphatic heterocycles. The topological polar surface area (TPSA) is 63.7 Å². The fraction of sp³-hybridized carbons (Fsp3) is 0.471. The van der Waals surface area contributed by atoms with Crippen LogP contribution in [0.15, 0.2) is 30.3 Å². The van der Waals surface area contributed by atoms with Crippen LogP contribution >= 0.6 is 0 Å². The lowest BCUT2D eigenvalue weighted by molar-refractivity contribution is -0.161. The van der Waals surface area contributed by atoms with Gasteiger partial charge in [0.2, 0.25) is 11.4 Å². The SMILES string of the molecule is CCOC(=O)C1(Cc2ccccc2)C(=O)C2(CC2)C(=O)N1C. The average Bonchev–Trinajstić information content (AvgIpc) is 3.31. The van der Waals surface area contributed by atoms with Crippen LogP contribution in [0.2, 0.25) is 0 Å². The highest BCUT2D eigenvalue weighted by atomic mass is 16.5. The number of ketones is 1. The van der Waals surface area contributed by atoms with E-state index in [0.29, 0.717) is 12.8 Å². The molecule has 0 aromatic heterocycles. The molecule has 116 valence electrons. The third-order valence-corrected chi connectivity index (χ3v) is 4.76. The number of esters is 1. The summed E-state index contributed by atoms with van der Waals surface area (Å²) in [5.74, 6) is -1.17. The molecule has 1 heterocycles. The number of amides is 1. The van der Waals surface area contributed by atoms with Crippen LogP contribution in [-0.2, 0) is 25.5 Å². The first kappa shape index (κ1) is 14.8. The summed E-state index contributed by atoms with van der Waals surface area (Å²) in [5.41, 5.74) is -1.66. The molecule has 2 fully saturated rings. The average molecular weight is 301 g/mol. The van der Waals surface area contributed by atoms with E-state index in [4.69, 9.17) is 4.74 Å².